The number of nitrogens with zero attached hydrogens (tertiary/aromatic N) is 3. The zero-order valence-corrected chi connectivity index (χ0v) is 21.6. The number of hydrogen-bond donors (Lipinski definition) is 2. The molecule has 2 saturated heterocycles. The summed E-state index contributed by atoms with van der Waals surface area (Å²) in [7, 11) is 0. The van der Waals surface area contributed by atoms with E-state index < -0.39 is 6.09 Å². The number of carboxylic acid groups (broad SMARTS) is 1. The summed E-state index contributed by atoms with van der Waals surface area (Å²) in [4.78, 5) is 17.7. The highest BCUT2D eigenvalue weighted by molar-refractivity contribution is 5.65. The third-order valence-corrected chi connectivity index (χ3v) is 8.01. The molecule has 2 atom stereocenters. The first-order chi connectivity index (χ1) is 15.8. The summed E-state index contributed by atoms with van der Waals surface area (Å²) >= 11 is 0. The number of rotatable bonds is 4. The van der Waals surface area contributed by atoms with Gasteiger partial charge in [-0.25, -0.2) is 4.79 Å². The molecule has 33 heavy (non-hydrogen) atoms. The van der Waals surface area contributed by atoms with E-state index >= 15 is 0 Å². The first-order valence-corrected chi connectivity index (χ1v) is 13.4. The third-order valence-electron chi connectivity index (χ3n) is 8.01. The van der Waals surface area contributed by atoms with Crippen molar-refractivity contribution >= 4 is 6.09 Å². The van der Waals surface area contributed by atoms with Crippen molar-refractivity contribution in [3.8, 4) is 0 Å². The highest BCUT2D eigenvalue weighted by atomic mass is 16.4. The fraction of sp³-hybridized carbons (Fsp3) is 0.815. The van der Waals surface area contributed by atoms with Gasteiger partial charge >= 0.3 is 6.09 Å². The molecule has 0 spiro atoms. The monoisotopic (exact) mass is 460 g/mol. The number of piperidine rings is 2. The van der Waals surface area contributed by atoms with Crippen LogP contribution in [-0.2, 0) is 0 Å². The van der Waals surface area contributed by atoms with Gasteiger partial charge < -0.3 is 15.3 Å². The van der Waals surface area contributed by atoms with E-state index in [1.54, 1.807) is 16.0 Å². The van der Waals surface area contributed by atoms with Crippen molar-refractivity contribution < 1.29 is 9.90 Å². The summed E-state index contributed by atoms with van der Waals surface area (Å²) in [5.41, 5.74) is 3.21. The van der Waals surface area contributed by atoms with Crippen LogP contribution in [0.4, 0.5) is 4.79 Å². The molecule has 2 unspecified atom stereocenters. The maximum atomic E-state index is 11.0. The van der Waals surface area contributed by atoms with Crippen LogP contribution in [0.3, 0.4) is 0 Å². The van der Waals surface area contributed by atoms with E-state index in [9.17, 15) is 4.79 Å². The number of nitrogens with one attached hydrogen (secondary N) is 1. The van der Waals surface area contributed by atoms with Gasteiger partial charge in [0, 0.05) is 57.9 Å². The van der Waals surface area contributed by atoms with Gasteiger partial charge in [0.25, 0.3) is 0 Å². The minimum atomic E-state index is -0.768. The second-order valence-electron chi connectivity index (χ2n) is 10.9. The zero-order valence-electron chi connectivity index (χ0n) is 21.6. The van der Waals surface area contributed by atoms with Crippen molar-refractivity contribution in [2.75, 3.05) is 52.4 Å². The Morgan fingerprint density at radius 2 is 1.48 bits per heavy atom. The number of hydrogen-bond acceptors (Lipinski definition) is 4. The normalized spacial score (nSPS) is 27.6. The lowest BCUT2D eigenvalue weighted by Gasteiger charge is -2.40. The van der Waals surface area contributed by atoms with Crippen LogP contribution in [0.2, 0.25) is 0 Å². The molecule has 0 aromatic rings. The van der Waals surface area contributed by atoms with Crippen LogP contribution in [-0.4, -0.2) is 90.3 Å². The predicted molar refractivity (Wildman–Crippen MR) is 137 cm³/mol. The SMILES string of the molecule is CC(C)C1=CCN(C2CCCN(C(=O)O)C2)CC1.CC(C)C1=CCN(C2CCCNC2)CC1. The average Bonchev–Trinajstić information content (AvgIpc) is 2.85. The number of likely N-dealkylation sites (tertiary alicyclic amines) is 1. The molecule has 2 fully saturated rings. The summed E-state index contributed by atoms with van der Waals surface area (Å²) in [5.74, 6) is 1.39. The first-order valence-electron chi connectivity index (χ1n) is 13.4. The molecule has 0 saturated carbocycles. The highest BCUT2D eigenvalue weighted by Gasteiger charge is 2.28. The molecule has 1 amide bonds. The molecule has 6 nitrogen and oxygen atoms in total. The molecule has 4 aliphatic rings. The Bertz CT molecular complexity index is 682. The Hall–Kier alpha value is -1.37. The van der Waals surface area contributed by atoms with E-state index in [-0.39, 0.29) is 0 Å². The second kappa shape index (κ2) is 12.9. The van der Waals surface area contributed by atoms with Crippen LogP contribution in [0.15, 0.2) is 23.3 Å². The molecule has 6 heteroatoms. The topological polar surface area (TPSA) is 59.1 Å². The van der Waals surface area contributed by atoms with Crippen LogP contribution >= 0.6 is 0 Å². The number of carbonyl (C=O) groups is 1. The summed E-state index contributed by atoms with van der Waals surface area (Å²) < 4.78 is 0. The first kappa shape index (κ1) is 26.2. The lowest BCUT2D eigenvalue weighted by molar-refractivity contribution is 0.0892. The Morgan fingerprint density at radius 3 is 1.94 bits per heavy atom. The molecule has 4 rings (SSSR count). The van der Waals surface area contributed by atoms with Crippen molar-refractivity contribution in [1.82, 2.24) is 20.0 Å². The summed E-state index contributed by atoms with van der Waals surface area (Å²) in [6.07, 6.45) is 11.3. The molecule has 2 N–H and O–H groups in total. The van der Waals surface area contributed by atoms with Crippen LogP contribution in [0, 0.1) is 11.8 Å². The van der Waals surface area contributed by atoms with Gasteiger partial charge in [-0.05, 0) is 56.9 Å². The van der Waals surface area contributed by atoms with Gasteiger partial charge in [0.2, 0.25) is 0 Å². The minimum Gasteiger partial charge on any atom is -0.465 e. The fourth-order valence-corrected chi connectivity index (χ4v) is 5.68. The zero-order chi connectivity index (χ0) is 23.8. The smallest absolute Gasteiger partial charge is 0.407 e. The summed E-state index contributed by atoms with van der Waals surface area (Å²) in [6, 6.07) is 1.21. The molecule has 0 aliphatic carbocycles. The number of amides is 1. The fourth-order valence-electron chi connectivity index (χ4n) is 5.68. The van der Waals surface area contributed by atoms with Gasteiger partial charge in [-0.2, -0.15) is 0 Å². The van der Waals surface area contributed by atoms with E-state index in [1.165, 1.54) is 45.4 Å². The summed E-state index contributed by atoms with van der Waals surface area (Å²) in [6.45, 7) is 17.4. The molecular weight excluding hydrogens is 412 g/mol. The van der Waals surface area contributed by atoms with Crippen LogP contribution in [0.5, 0.6) is 0 Å². The van der Waals surface area contributed by atoms with Gasteiger partial charge in [0.05, 0.1) is 0 Å². The van der Waals surface area contributed by atoms with Gasteiger partial charge in [0.1, 0.15) is 0 Å². The maximum Gasteiger partial charge on any atom is 0.407 e. The van der Waals surface area contributed by atoms with Crippen molar-refractivity contribution in [1.29, 1.82) is 0 Å². The van der Waals surface area contributed by atoms with E-state index in [2.05, 4.69) is 55.0 Å². The highest BCUT2D eigenvalue weighted by Crippen LogP contribution is 2.24. The molecule has 0 aromatic carbocycles. The van der Waals surface area contributed by atoms with Gasteiger partial charge in [0.15, 0.2) is 0 Å². The Kier molecular flexibility index (Phi) is 10.3. The molecule has 0 aromatic heterocycles. The van der Waals surface area contributed by atoms with E-state index in [0.29, 0.717) is 25.0 Å². The Labute approximate surface area is 202 Å². The van der Waals surface area contributed by atoms with Crippen molar-refractivity contribution in [3.05, 3.63) is 23.3 Å². The van der Waals surface area contributed by atoms with Gasteiger partial charge in [-0.1, -0.05) is 51.0 Å². The molecule has 0 radical (unpaired) electrons. The predicted octanol–water partition coefficient (Wildman–Crippen LogP) is 4.44. The largest absolute Gasteiger partial charge is 0.465 e. The molecule has 188 valence electrons. The average molecular weight is 461 g/mol. The van der Waals surface area contributed by atoms with Crippen LogP contribution < -0.4 is 5.32 Å². The van der Waals surface area contributed by atoms with Crippen molar-refractivity contribution in [3.63, 3.8) is 0 Å². The Balaban J connectivity index is 0.000000189. The minimum absolute atomic E-state index is 0.416. The van der Waals surface area contributed by atoms with E-state index in [0.717, 1.165) is 44.3 Å². The Morgan fingerprint density at radius 1 is 0.909 bits per heavy atom. The molecule has 4 aliphatic heterocycles. The standard InChI is InChI=1S/C14H24N2O2.C13H24N2/c1-11(2)12-5-8-15(9-6-12)13-4-3-7-16(10-13)14(17)18;1-11(2)12-5-8-15(9-6-12)13-4-3-7-14-10-13/h5,11,13H,3-4,6-10H2,1-2H3,(H,17,18);5,11,13-14H,3-4,6-10H2,1-2H3. The van der Waals surface area contributed by atoms with E-state index in [1.807, 2.05) is 0 Å². The molecule has 4 heterocycles. The van der Waals surface area contributed by atoms with E-state index in [4.69, 9.17) is 5.11 Å². The third kappa shape index (κ3) is 7.83. The van der Waals surface area contributed by atoms with Gasteiger partial charge in [-0.3, -0.25) is 9.80 Å². The second-order valence-corrected chi connectivity index (χ2v) is 10.9. The molecular formula is C27H48N4O2. The van der Waals surface area contributed by atoms with Crippen molar-refractivity contribution in [2.24, 2.45) is 11.8 Å². The quantitative estimate of drug-likeness (QED) is 0.607. The summed E-state index contributed by atoms with van der Waals surface area (Å²) in [5, 5.41) is 12.6. The van der Waals surface area contributed by atoms with Crippen LogP contribution in [0.25, 0.3) is 0 Å². The van der Waals surface area contributed by atoms with Gasteiger partial charge in [-0.15, -0.1) is 0 Å². The lowest BCUT2D eigenvalue weighted by Crippen LogP contribution is -2.50. The lowest BCUT2D eigenvalue weighted by atomic mass is 9.95. The van der Waals surface area contributed by atoms with Crippen molar-refractivity contribution in [2.45, 2.75) is 78.3 Å². The van der Waals surface area contributed by atoms with Crippen LogP contribution in [0.1, 0.15) is 66.2 Å². The maximum absolute atomic E-state index is 11.0. The molecule has 0 bridgehead atoms.